The number of nitrogens with one attached hydrogen (secondary N) is 2. The summed E-state index contributed by atoms with van der Waals surface area (Å²) in [6.45, 7) is 7.19. The molecule has 0 saturated heterocycles. The van der Waals surface area contributed by atoms with Crippen LogP contribution in [0.25, 0.3) is 0 Å². The molecule has 1 aromatic rings. The molecule has 0 aromatic carbocycles. The van der Waals surface area contributed by atoms with Gasteiger partial charge < -0.3 is 9.88 Å². The van der Waals surface area contributed by atoms with Gasteiger partial charge in [-0.15, -0.1) is 0 Å². The number of rotatable bonds is 8. The van der Waals surface area contributed by atoms with Crippen molar-refractivity contribution < 1.29 is 8.42 Å². The van der Waals surface area contributed by atoms with Gasteiger partial charge in [0.1, 0.15) is 4.90 Å². The van der Waals surface area contributed by atoms with E-state index in [9.17, 15) is 13.2 Å². The van der Waals surface area contributed by atoms with Gasteiger partial charge >= 0.3 is 0 Å². The van der Waals surface area contributed by atoms with Crippen molar-refractivity contribution in [1.82, 2.24) is 14.6 Å². The van der Waals surface area contributed by atoms with Crippen LogP contribution in [0.3, 0.4) is 0 Å². The Bertz CT molecular complexity index is 535. The van der Waals surface area contributed by atoms with Crippen molar-refractivity contribution in [3.63, 3.8) is 0 Å². The third-order valence-corrected chi connectivity index (χ3v) is 4.40. The second kappa shape index (κ2) is 7.42. The molecule has 7 heteroatoms. The first kappa shape index (κ1) is 15.9. The molecule has 1 heterocycles. The van der Waals surface area contributed by atoms with E-state index in [2.05, 4.69) is 28.5 Å². The van der Waals surface area contributed by atoms with Crippen LogP contribution in [0, 0.1) is 0 Å². The Balaban J connectivity index is 2.53. The molecule has 0 aliphatic rings. The predicted octanol–water partition coefficient (Wildman–Crippen LogP) is 0.385. The fourth-order valence-electron chi connectivity index (χ4n) is 1.74. The van der Waals surface area contributed by atoms with Gasteiger partial charge in [0.2, 0.25) is 15.5 Å². The summed E-state index contributed by atoms with van der Waals surface area (Å²) >= 11 is 0. The molecule has 0 amide bonds. The normalized spacial score (nSPS) is 11.9. The van der Waals surface area contributed by atoms with Crippen LogP contribution in [-0.2, 0) is 10.0 Å². The standard InChI is InChI=1S/C12H21N3O3S/c1-3-15(4-2)9-5-7-14-19(17,18)12-10-13-8-6-11(12)16/h6,8,10,14H,3-5,7,9H2,1-2H3,(H,13,16). The topological polar surface area (TPSA) is 82.3 Å². The fourth-order valence-corrected chi connectivity index (χ4v) is 2.86. The average molecular weight is 287 g/mol. The van der Waals surface area contributed by atoms with Crippen LogP contribution >= 0.6 is 0 Å². The van der Waals surface area contributed by atoms with Crippen molar-refractivity contribution in [1.29, 1.82) is 0 Å². The number of nitrogens with zero attached hydrogens (tertiary/aromatic N) is 1. The van der Waals surface area contributed by atoms with Crippen molar-refractivity contribution in [3.05, 3.63) is 28.7 Å². The van der Waals surface area contributed by atoms with E-state index >= 15 is 0 Å². The summed E-state index contributed by atoms with van der Waals surface area (Å²) in [5.74, 6) is 0. The summed E-state index contributed by atoms with van der Waals surface area (Å²) < 4.78 is 26.2. The molecule has 0 atom stereocenters. The van der Waals surface area contributed by atoms with Crippen molar-refractivity contribution in [2.75, 3.05) is 26.2 Å². The molecule has 108 valence electrons. The summed E-state index contributed by atoms with van der Waals surface area (Å²) in [5.41, 5.74) is -0.505. The minimum absolute atomic E-state index is 0.238. The monoisotopic (exact) mass is 287 g/mol. The van der Waals surface area contributed by atoms with Crippen molar-refractivity contribution in [3.8, 4) is 0 Å². The van der Waals surface area contributed by atoms with Gasteiger partial charge in [0, 0.05) is 25.0 Å². The lowest BCUT2D eigenvalue weighted by Gasteiger charge is -2.17. The smallest absolute Gasteiger partial charge is 0.245 e. The largest absolute Gasteiger partial charge is 0.366 e. The van der Waals surface area contributed by atoms with E-state index in [1.54, 1.807) is 0 Å². The maximum absolute atomic E-state index is 11.9. The van der Waals surface area contributed by atoms with Crippen LogP contribution in [0.15, 0.2) is 28.2 Å². The highest BCUT2D eigenvalue weighted by Crippen LogP contribution is 2.00. The Morgan fingerprint density at radius 2 is 2.00 bits per heavy atom. The Morgan fingerprint density at radius 1 is 1.32 bits per heavy atom. The zero-order valence-electron chi connectivity index (χ0n) is 11.3. The Kier molecular flexibility index (Phi) is 6.20. The van der Waals surface area contributed by atoms with Gasteiger partial charge in [-0.3, -0.25) is 4.79 Å². The zero-order chi connectivity index (χ0) is 14.3. The lowest BCUT2D eigenvalue weighted by Crippen LogP contribution is -2.32. The van der Waals surface area contributed by atoms with Crippen LogP contribution in [0.5, 0.6) is 0 Å². The maximum Gasteiger partial charge on any atom is 0.245 e. The molecular formula is C12H21N3O3S. The highest BCUT2D eigenvalue weighted by molar-refractivity contribution is 7.89. The van der Waals surface area contributed by atoms with Crippen LogP contribution in [0.1, 0.15) is 20.3 Å². The number of aromatic amines is 1. The first-order valence-electron chi connectivity index (χ1n) is 6.40. The number of sulfonamides is 1. The second-order valence-corrected chi connectivity index (χ2v) is 5.89. The summed E-state index contributed by atoms with van der Waals surface area (Å²) in [6.07, 6.45) is 3.32. The van der Waals surface area contributed by atoms with Gasteiger partial charge in [-0.05, 0) is 26.1 Å². The number of H-pyrrole nitrogens is 1. The summed E-state index contributed by atoms with van der Waals surface area (Å²) in [7, 11) is -3.71. The summed E-state index contributed by atoms with van der Waals surface area (Å²) in [5, 5.41) is 0. The van der Waals surface area contributed by atoms with Gasteiger partial charge in [0.25, 0.3) is 0 Å². The Morgan fingerprint density at radius 3 is 2.58 bits per heavy atom. The third kappa shape index (κ3) is 4.77. The molecule has 0 radical (unpaired) electrons. The van der Waals surface area contributed by atoms with Crippen molar-refractivity contribution >= 4 is 10.0 Å². The molecule has 1 rings (SSSR count). The van der Waals surface area contributed by atoms with Gasteiger partial charge in [-0.1, -0.05) is 13.8 Å². The lowest BCUT2D eigenvalue weighted by molar-refractivity contribution is 0.300. The fraction of sp³-hybridized carbons (Fsp3) is 0.583. The number of hydrogen-bond acceptors (Lipinski definition) is 4. The molecule has 0 aliphatic heterocycles. The lowest BCUT2D eigenvalue weighted by atomic mass is 10.4. The molecule has 6 nitrogen and oxygen atoms in total. The van der Waals surface area contributed by atoms with E-state index in [0.717, 1.165) is 19.6 Å². The first-order chi connectivity index (χ1) is 9.01. The molecule has 0 bridgehead atoms. The average Bonchev–Trinajstić information content (AvgIpc) is 2.39. The molecular weight excluding hydrogens is 266 g/mol. The quantitative estimate of drug-likeness (QED) is 0.677. The Hall–Kier alpha value is -1.18. The summed E-state index contributed by atoms with van der Waals surface area (Å²) in [6, 6.07) is 1.20. The molecule has 0 unspecified atom stereocenters. The van der Waals surface area contributed by atoms with Crippen LogP contribution in [0.2, 0.25) is 0 Å². The SMILES string of the molecule is CCN(CC)CCCNS(=O)(=O)c1c[nH]ccc1=O. The van der Waals surface area contributed by atoms with Crippen LogP contribution in [0.4, 0.5) is 0 Å². The first-order valence-corrected chi connectivity index (χ1v) is 7.88. The van der Waals surface area contributed by atoms with E-state index in [1.165, 1.54) is 18.5 Å². The molecule has 0 saturated carbocycles. The van der Waals surface area contributed by atoms with E-state index in [-0.39, 0.29) is 4.90 Å². The van der Waals surface area contributed by atoms with Crippen molar-refractivity contribution in [2.24, 2.45) is 0 Å². The Labute approximate surface area is 113 Å². The number of pyridine rings is 1. The van der Waals surface area contributed by atoms with Crippen molar-refractivity contribution in [2.45, 2.75) is 25.2 Å². The van der Waals surface area contributed by atoms with Gasteiger partial charge in [-0.25, -0.2) is 13.1 Å². The van der Waals surface area contributed by atoms with Gasteiger partial charge in [-0.2, -0.15) is 0 Å². The van der Waals surface area contributed by atoms with E-state index < -0.39 is 15.5 Å². The summed E-state index contributed by atoms with van der Waals surface area (Å²) in [4.78, 5) is 16.0. The predicted molar refractivity (Wildman–Crippen MR) is 74.7 cm³/mol. The van der Waals surface area contributed by atoms with E-state index in [0.29, 0.717) is 13.0 Å². The highest BCUT2D eigenvalue weighted by atomic mass is 32.2. The number of aromatic nitrogens is 1. The molecule has 0 spiro atoms. The number of hydrogen-bond donors (Lipinski definition) is 2. The highest BCUT2D eigenvalue weighted by Gasteiger charge is 2.16. The van der Waals surface area contributed by atoms with Gasteiger partial charge in [0.15, 0.2) is 0 Å². The molecule has 2 N–H and O–H groups in total. The second-order valence-electron chi connectivity index (χ2n) is 4.15. The minimum atomic E-state index is -3.71. The van der Waals surface area contributed by atoms with E-state index in [4.69, 9.17) is 0 Å². The van der Waals surface area contributed by atoms with E-state index in [1.807, 2.05) is 0 Å². The third-order valence-electron chi connectivity index (χ3n) is 2.92. The minimum Gasteiger partial charge on any atom is -0.366 e. The molecule has 0 aliphatic carbocycles. The molecule has 1 aromatic heterocycles. The molecule has 0 fully saturated rings. The van der Waals surface area contributed by atoms with Gasteiger partial charge in [0.05, 0.1) is 0 Å². The zero-order valence-corrected chi connectivity index (χ0v) is 12.2. The maximum atomic E-state index is 11.9. The molecule has 19 heavy (non-hydrogen) atoms. The van der Waals surface area contributed by atoms with Crippen LogP contribution < -0.4 is 10.2 Å². The van der Waals surface area contributed by atoms with Crippen LogP contribution in [-0.4, -0.2) is 44.5 Å².